The number of halogens is 1. The Morgan fingerprint density at radius 2 is 2.33 bits per heavy atom. The van der Waals surface area contributed by atoms with E-state index < -0.39 is 0 Å². The fourth-order valence-corrected chi connectivity index (χ4v) is 2.42. The summed E-state index contributed by atoms with van der Waals surface area (Å²) < 4.78 is 6.91. The van der Waals surface area contributed by atoms with E-state index in [0.29, 0.717) is 12.5 Å². The second-order valence-electron chi connectivity index (χ2n) is 3.45. The summed E-state index contributed by atoms with van der Waals surface area (Å²) in [5.41, 5.74) is 0. The molecule has 0 aliphatic rings. The van der Waals surface area contributed by atoms with Crippen LogP contribution in [0.2, 0.25) is 0 Å². The highest BCUT2D eigenvalue weighted by Crippen LogP contribution is 2.21. The van der Waals surface area contributed by atoms with E-state index in [9.17, 15) is 0 Å². The van der Waals surface area contributed by atoms with Crippen molar-refractivity contribution in [2.45, 2.75) is 26.3 Å². The molecule has 0 aliphatic heterocycles. The zero-order valence-corrected chi connectivity index (χ0v) is 10.8. The van der Waals surface area contributed by atoms with Gasteiger partial charge in [0.25, 0.3) is 0 Å². The van der Waals surface area contributed by atoms with Crippen LogP contribution >= 0.6 is 27.5 Å². The van der Waals surface area contributed by atoms with Crippen LogP contribution in [-0.4, -0.2) is 24.6 Å². The summed E-state index contributed by atoms with van der Waals surface area (Å²) in [4.78, 5) is 1.13. The zero-order valence-electron chi connectivity index (χ0n) is 8.38. The Kier molecular flexibility index (Phi) is 3.11. The highest BCUT2D eigenvalue weighted by molar-refractivity contribution is 9.10. The van der Waals surface area contributed by atoms with Gasteiger partial charge in [0.15, 0.2) is 5.82 Å². The molecule has 0 amide bonds. The molecule has 0 bridgehead atoms. The Labute approximate surface area is 99.8 Å². The predicted octanol–water partition coefficient (Wildman–Crippen LogP) is 2.06. The zero-order chi connectivity index (χ0) is 10.8. The van der Waals surface area contributed by atoms with E-state index >= 15 is 0 Å². The summed E-state index contributed by atoms with van der Waals surface area (Å²) in [6.45, 7) is 4.82. The predicted molar refractivity (Wildman–Crippen MR) is 60.8 cm³/mol. The lowest BCUT2D eigenvalue weighted by Crippen LogP contribution is -2.07. The van der Waals surface area contributed by atoms with Crippen molar-refractivity contribution < 1.29 is 0 Å². The van der Waals surface area contributed by atoms with Gasteiger partial charge < -0.3 is 0 Å². The van der Waals surface area contributed by atoms with Gasteiger partial charge in [-0.3, -0.25) is 0 Å². The van der Waals surface area contributed by atoms with E-state index in [0.717, 1.165) is 15.2 Å². The quantitative estimate of drug-likeness (QED) is 0.867. The molecule has 0 aliphatic carbocycles. The average molecular weight is 288 g/mol. The molecule has 0 radical (unpaired) electrons. The molecule has 0 saturated heterocycles. The number of aromatic nitrogens is 5. The van der Waals surface area contributed by atoms with Gasteiger partial charge in [0.1, 0.15) is 0 Å². The maximum Gasteiger partial charge on any atom is 0.154 e. The van der Waals surface area contributed by atoms with E-state index in [-0.39, 0.29) is 0 Å². The second-order valence-corrected chi connectivity index (χ2v) is 5.19. The van der Waals surface area contributed by atoms with Gasteiger partial charge in [-0.05, 0) is 37.9 Å². The number of nitrogens with zero attached hydrogens (tertiary/aromatic N) is 5. The van der Waals surface area contributed by atoms with Gasteiger partial charge in [0.2, 0.25) is 0 Å². The molecule has 80 valence electrons. The topological polar surface area (TPSA) is 56.5 Å². The Balaban J connectivity index is 2.25. The molecular weight excluding hydrogens is 278 g/mol. The number of tetrazole rings is 1. The molecule has 7 heteroatoms. The molecular formula is C8H10BrN5S. The highest BCUT2D eigenvalue weighted by Gasteiger charge is 2.12. The van der Waals surface area contributed by atoms with Crippen LogP contribution in [-0.2, 0) is 6.54 Å². The first-order valence-electron chi connectivity index (χ1n) is 4.53. The standard InChI is InChI=1S/C8H10BrN5S/c1-5(2)8-11-12-13-14(8)4-7-6(9)3-10-15-7/h3,5H,4H2,1-2H3. The van der Waals surface area contributed by atoms with Gasteiger partial charge in [-0.2, -0.15) is 4.37 Å². The summed E-state index contributed by atoms with van der Waals surface area (Å²) in [6.07, 6.45) is 1.79. The smallest absolute Gasteiger partial charge is 0.154 e. The molecule has 2 heterocycles. The Hall–Kier alpha value is -0.820. The molecule has 5 nitrogen and oxygen atoms in total. The van der Waals surface area contributed by atoms with Crippen molar-refractivity contribution in [2.24, 2.45) is 0 Å². The maximum atomic E-state index is 4.09. The minimum absolute atomic E-state index is 0.326. The molecule has 0 atom stereocenters. The summed E-state index contributed by atoms with van der Waals surface area (Å²) in [5, 5.41) is 11.6. The van der Waals surface area contributed by atoms with Crippen LogP contribution < -0.4 is 0 Å². The van der Waals surface area contributed by atoms with Crippen molar-refractivity contribution in [2.75, 3.05) is 0 Å². The van der Waals surface area contributed by atoms with Crippen LogP contribution in [0, 0.1) is 0 Å². The summed E-state index contributed by atoms with van der Waals surface area (Å²) in [7, 11) is 0. The van der Waals surface area contributed by atoms with E-state index in [1.54, 1.807) is 6.20 Å². The van der Waals surface area contributed by atoms with E-state index in [4.69, 9.17) is 0 Å². The summed E-state index contributed by atoms with van der Waals surface area (Å²) >= 11 is 4.89. The van der Waals surface area contributed by atoms with Crippen LogP contribution in [0.25, 0.3) is 0 Å². The highest BCUT2D eigenvalue weighted by atomic mass is 79.9. The summed E-state index contributed by atoms with van der Waals surface area (Å²) in [5.74, 6) is 1.22. The van der Waals surface area contributed by atoms with Crippen molar-refractivity contribution >= 4 is 27.5 Å². The molecule has 2 aromatic heterocycles. The third-order valence-corrected chi connectivity index (χ3v) is 3.69. The first-order chi connectivity index (χ1) is 7.18. The SMILES string of the molecule is CC(C)c1nnnn1Cc1sncc1Br. The van der Waals surface area contributed by atoms with Crippen molar-refractivity contribution in [3.63, 3.8) is 0 Å². The lowest BCUT2D eigenvalue weighted by Gasteiger charge is -2.05. The van der Waals surface area contributed by atoms with E-state index in [1.165, 1.54) is 11.5 Å². The third-order valence-electron chi connectivity index (χ3n) is 1.96. The molecule has 0 unspecified atom stereocenters. The number of hydrogen-bond donors (Lipinski definition) is 0. The average Bonchev–Trinajstić information content (AvgIpc) is 2.77. The van der Waals surface area contributed by atoms with Gasteiger partial charge in [-0.25, -0.2) is 4.68 Å². The van der Waals surface area contributed by atoms with Crippen molar-refractivity contribution in [1.82, 2.24) is 24.6 Å². The van der Waals surface area contributed by atoms with Gasteiger partial charge in [-0.1, -0.05) is 13.8 Å². The molecule has 0 saturated carbocycles. The molecule has 2 aromatic rings. The van der Waals surface area contributed by atoms with Crippen LogP contribution in [0.15, 0.2) is 10.7 Å². The van der Waals surface area contributed by atoms with Crippen LogP contribution in [0.3, 0.4) is 0 Å². The number of rotatable bonds is 3. The first kappa shape index (κ1) is 10.7. The van der Waals surface area contributed by atoms with Crippen LogP contribution in [0.4, 0.5) is 0 Å². The molecule has 2 rings (SSSR count). The largest absolute Gasteiger partial charge is 0.224 e. The monoisotopic (exact) mass is 287 g/mol. The lowest BCUT2D eigenvalue weighted by atomic mass is 10.2. The van der Waals surface area contributed by atoms with Crippen molar-refractivity contribution in [1.29, 1.82) is 0 Å². The van der Waals surface area contributed by atoms with Gasteiger partial charge in [0, 0.05) is 5.92 Å². The lowest BCUT2D eigenvalue weighted by molar-refractivity contribution is 0.599. The molecule has 15 heavy (non-hydrogen) atoms. The van der Waals surface area contributed by atoms with Gasteiger partial charge >= 0.3 is 0 Å². The second kappa shape index (κ2) is 4.36. The fraction of sp³-hybridized carbons (Fsp3) is 0.500. The molecule has 0 fully saturated rings. The van der Waals surface area contributed by atoms with Gasteiger partial charge in [-0.15, -0.1) is 5.10 Å². The minimum Gasteiger partial charge on any atom is -0.224 e. The molecule has 0 aromatic carbocycles. The summed E-state index contributed by atoms with van der Waals surface area (Å²) in [6, 6.07) is 0. The fourth-order valence-electron chi connectivity index (χ4n) is 1.23. The van der Waals surface area contributed by atoms with Crippen molar-refractivity contribution in [3.05, 3.63) is 21.4 Å². The Morgan fingerprint density at radius 3 is 2.93 bits per heavy atom. The Morgan fingerprint density at radius 1 is 1.53 bits per heavy atom. The third kappa shape index (κ3) is 2.23. The minimum atomic E-state index is 0.326. The van der Waals surface area contributed by atoms with Crippen LogP contribution in [0.1, 0.15) is 30.5 Å². The van der Waals surface area contributed by atoms with Gasteiger partial charge in [0.05, 0.1) is 22.1 Å². The first-order valence-corrected chi connectivity index (χ1v) is 6.10. The normalized spacial score (nSPS) is 11.2. The molecule has 0 N–H and O–H groups in total. The molecule has 0 spiro atoms. The maximum absolute atomic E-state index is 4.09. The van der Waals surface area contributed by atoms with Crippen LogP contribution in [0.5, 0.6) is 0 Å². The van der Waals surface area contributed by atoms with E-state index in [1.807, 2.05) is 4.68 Å². The Bertz CT molecular complexity index is 449. The van der Waals surface area contributed by atoms with E-state index in [2.05, 4.69) is 49.7 Å². The number of hydrogen-bond acceptors (Lipinski definition) is 5. The van der Waals surface area contributed by atoms with Crippen molar-refractivity contribution in [3.8, 4) is 0 Å².